The van der Waals surface area contributed by atoms with Crippen molar-refractivity contribution in [3.8, 4) is 5.75 Å². The van der Waals surface area contributed by atoms with Crippen LogP contribution in [0.3, 0.4) is 0 Å². The van der Waals surface area contributed by atoms with Gasteiger partial charge in [0.1, 0.15) is 0 Å². The highest BCUT2D eigenvalue weighted by atomic mass is 19.4. The van der Waals surface area contributed by atoms with Crippen LogP contribution in [0.15, 0.2) is 12.1 Å². The van der Waals surface area contributed by atoms with Crippen molar-refractivity contribution < 1.29 is 22.3 Å². The molecule has 1 atom stereocenters. The Morgan fingerprint density at radius 2 is 1.71 bits per heavy atom. The maximum atomic E-state index is 14.5. The second-order valence-electron chi connectivity index (χ2n) is 8.70. The van der Waals surface area contributed by atoms with Gasteiger partial charge in [-0.05, 0) is 67.1 Å². The van der Waals surface area contributed by atoms with Crippen LogP contribution in [-0.4, -0.2) is 6.36 Å². The summed E-state index contributed by atoms with van der Waals surface area (Å²) in [7, 11) is 0. The van der Waals surface area contributed by atoms with E-state index in [1.165, 1.54) is 57.8 Å². The smallest absolute Gasteiger partial charge is 0.403 e. The Balaban J connectivity index is 1.53. The Hall–Kier alpha value is -1.26. The third-order valence-electron chi connectivity index (χ3n) is 6.80. The highest BCUT2D eigenvalue weighted by Crippen LogP contribution is 2.42. The second kappa shape index (κ2) is 9.49. The predicted octanol–water partition coefficient (Wildman–Crippen LogP) is 7.61. The number of fused-ring (bicyclic) bond motifs is 1. The lowest BCUT2D eigenvalue weighted by molar-refractivity contribution is -0.275. The standard InChI is InChI=1S/C23H32F4O/c1-2-3-4-5-6-16-7-9-17(10-8-16)18-11-13-20-19(15-18)12-14-21(22(20)24)28-23(25,26)27/h12,14,16-18H,2-11,13,15H2,1H3. The maximum Gasteiger partial charge on any atom is 0.573 e. The van der Waals surface area contributed by atoms with E-state index in [0.29, 0.717) is 23.8 Å². The molecule has 0 aliphatic heterocycles. The number of rotatable bonds is 7. The number of unbranched alkanes of at least 4 members (excludes halogenated alkanes) is 3. The molecule has 1 fully saturated rings. The number of halogens is 4. The van der Waals surface area contributed by atoms with E-state index in [2.05, 4.69) is 11.7 Å². The zero-order valence-electron chi connectivity index (χ0n) is 16.8. The van der Waals surface area contributed by atoms with Crippen molar-refractivity contribution >= 4 is 0 Å². The first kappa shape index (κ1) is 21.4. The van der Waals surface area contributed by atoms with E-state index in [4.69, 9.17) is 0 Å². The third kappa shape index (κ3) is 5.64. The van der Waals surface area contributed by atoms with Gasteiger partial charge in [0, 0.05) is 0 Å². The lowest BCUT2D eigenvalue weighted by Gasteiger charge is -2.36. The van der Waals surface area contributed by atoms with Crippen molar-refractivity contribution in [2.45, 2.75) is 90.3 Å². The first-order chi connectivity index (χ1) is 13.4. The van der Waals surface area contributed by atoms with Crippen LogP contribution >= 0.6 is 0 Å². The minimum absolute atomic E-state index is 0.419. The summed E-state index contributed by atoms with van der Waals surface area (Å²) in [4.78, 5) is 0. The van der Waals surface area contributed by atoms with Gasteiger partial charge in [0.15, 0.2) is 11.6 Å². The average molecular weight is 401 g/mol. The fraction of sp³-hybridized carbons (Fsp3) is 0.739. The fourth-order valence-corrected chi connectivity index (χ4v) is 5.23. The Morgan fingerprint density at radius 3 is 2.39 bits per heavy atom. The molecule has 1 aromatic carbocycles. The Kier molecular flexibility index (Phi) is 7.27. The summed E-state index contributed by atoms with van der Waals surface area (Å²) in [5.74, 6) is 0.539. The van der Waals surface area contributed by atoms with E-state index in [1.807, 2.05) is 0 Å². The highest BCUT2D eigenvalue weighted by molar-refractivity contribution is 5.39. The lowest BCUT2D eigenvalue weighted by atomic mass is 9.69. The molecule has 0 saturated heterocycles. The summed E-state index contributed by atoms with van der Waals surface area (Å²) in [6.45, 7) is 2.24. The Bertz CT molecular complexity index is 632. The minimum atomic E-state index is -4.86. The van der Waals surface area contributed by atoms with Crippen molar-refractivity contribution in [2.75, 3.05) is 0 Å². The molecule has 5 heteroatoms. The van der Waals surface area contributed by atoms with E-state index in [0.717, 1.165) is 30.4 Å². The van der Waals surface area contributed by atoms with Crippen LogP contribution in [0.5, 0.6) is 5.75 Å². The molecule has 0 heterocycles. The summed E-state index contributed by atoms with van der Waals surface area (Å²) in [5, 5.41) is 0. The van der Waals surface area contributed by atoms with E-state index in [-0.39, 0.29) is 0 Å². The van der Waals surface area contributed by atoms with Crippen LogP contribution < -0.4 is 4.74 Å². The molecule has 0 N–H and O–H groups in total. The first-order valence-corrected chi connectivity index (χ1v) is 10.9. The molecule has 0 spiro atoms. The van der Waals surface area contributed by atoms with Gasteiger partial charge < -0.3 is 4.74 Å². The van der Waals surface area contributed by atoms with Crippen LogP contribution in [0.1, 0.15) is 82.3 Å². The van der Waals surface area contributed by atoms with Crippen LogP contribution in [0.4, 0.5) is 17.6 Å². The van der Waals surface area contributed by atoms with Gasteiger partial charge in [-0.3, -0.25) is 0 Å². The fourth-order valence-electron chi connectivity index (χ4n) is 5.23. The van der Waals surface area contributed by atoms with E-state index >= 15 is 0 Å². The molecule has 158 valence electrons. The van der Waals surface area contributed by atoms with Crippen molar-refractivity contribution in [1.29, 1.82) is 0 Å². The first-order valence-electron chi connectivity index (χ1n) is 10.9. The molecule has 1 saturated carbocycles. The van der Waals surface area contributed by atoms with Crippen LogP contribution in [-0.2, 0) is 12.8 Å². The van der Waals surface area contributed by atoms with Gasteiger partial charge in [-0.15, -0.1) is 13.2 Å². The van der Waals surface area contributed by atoms with Gasteiger partial charge >= 0.3 is 6.36 Å². The third-order valence-corrected chi connectivity index (χ3v) is 6.80. The Labute approximate surface area is 165 Å². The zero-order valence-corrected chi connectivity index (χ0v) is 16.8. The summed E-state index contributed by atoms with van der Waals surface area (Å²) >= 11 is 0. The van der Waals surface area contributed by atoms with Crippen molar-refractivity contribution in [2.24, 2.45) is 17.8 Å². The SMILES string of the molecule is CCCCCCC1CCC(C2CCc3c(ccc(OC(F)(F)F)c3F)C2)CC1. The number of alkyl halides is 3. The monoisotopic (exact) mass is 400 g/mol. The summed E-state index contributed by atoms with van der Waals surface area (Å²) in [6.07, 6.45) is 9.06. The number of hydrogen-bond donors (Lipinski definition) is 0. The van der Waals surface area contributed by atoms with Crippen LogP contribution in [0.25, 0.3) is 0 Å². The van der Waals surface area contributed by atoms with E-state index in [1.54, 1.807) is 6.07 Å². The van der Waals surface area contributed by atoms with Crippen molar-refractivity contribution in [3.63, 3.8) is 0 Å². The molecule has 0 aromatic heterocycles. The van der Waals surface area contributed by atoms with Gasteiger partial charge in [0.05, 0.1) is 0 Å². The second-order valence-corrected chi connectivity index (χ2v) is 8.70. The molecular weight excluding hydrogens is 368 g/mol. The molecule has 3 rings (SSSR count). The van der Waals surface area contributed by atoms with Crippen molar-refractivity contribution in [1.82, 2.24) is 0 Å². The summed E-state index contributed by atoms with van der Waals surface area (Å²) in [6, 6.07) is 2.77. The highest BCUT2D eigenvalue weighted by Gasteiger charge is 2.35. The van der Waals surface area contributed by atoms with Gasteiger partial charge in [-0.25, -0.2) is 4.39 Å². The molecule has 28 heavy (non-hydrogen) atoms. The maximum absolute atomic E-state index is 14.5. The molecule has 0 bridgehead atoms. The minimum Gasteiger partial charge on any atom is -0.403 e. The van der Waals surface area contributed by atoms with E-state index < -0.39 is 17.9 Å². The number of hydrogen-bond acceptors (Lipinski definition) is 1. The van der Waals surface area contributed by atoms with E-state index in [9.17, 15) is 17.6 Å². The van der Waals surface area contributed by atoms with Gasteiger partial charge in [0.25, 0.3) is 0 Å². The molecule has 1 nitrogen and oxygen atoms in total. The lowest BCUT2D eigenvalue weighted by Crippen LogP contribution is -2.27. The Morgan fingerprint density at radius 1 is 0.964 bits per heavy atom. The molecule has 0 radical (unpaired) electrons. The molecule has 2 aliphatic carbocycles. The largest absolute Gasteiger partial charge is 0.573 e. The molecule has 1 unspecified atom stereocenters. The van der Waals surface area contributed by atoms with Gasteiger partial charge in [-0.1, -0.05) is 57.9 Å². The van der Waals surface area contributed by atoms with Gasteiger partial charge in [0.2, 0.25) is 0 Å². The van der Waals surface area contributed by atoms with Crippen molar-refractivity contribution in [3.05, 3.63) is 29.1 Å². The molecule has 0 amide bonds. The van der Waals surface area contributed by atoms with Crippen LogP contribution in [0, 0.1) is 23.6 Å². The zero-order chi connectivity index (χ0) is 20.1. The molecule has 2 aliphatic rings. The average Bonchev–Trinajstić information content (AvgIpc) is 2.67. The summed E-state index contributed by atoms with van der Waals surface area (Å²) < 4.78 is 55.5. The van der Waals surface area contributed by atoms with Gasteiger partial charge in [-0.2, -0.15) is 0 Å². The quantitative estimate of drug-likeness (QED) is 0.338. The molecular formula is C23H32F4O. The van der Waals surface area contributed by atoms with Crippen LogP contribution in [0.2, 0.25) is 0 Å². The molecule has 1 aromatic rings. The number of benzene rings is 1. The predicted molar refractivity (Wildman–Crippen MR) is 103 cm³/mol. The summed E-state index contributed by atoms with van der Waals surface area (Å²) in [5.41, 5.74) is 1.28. The normalized spacial score (nSPS) is 25.4. The number of ether oxygens (including phenoxy) is 1. The topological polar surface area (TPSA) is 9.23 Å².